The first-order valence-electron chi connectivity index (χ1n) is 6.75. The topological polar surface area (TPSA) is 82.3 Å². The average molecular weight is 288 g/mol. The molecule has 0 aliphatic carbocycles. The molecule has 112 valence electrons. The molecule has 6 heteroatoms. The van der Waals surface area contributed by atoms with Gasteiger partial charge in [-0.05, 0) is 17.7 Å². The number of nitrogen functional groups attached to an aromatic ring is 1. The maximum atomic E-state index is 5.99. The van der Waals surface area contributed by atoms with Crippen molar-refractivity contribution in [3.63, 3.8) is 0 Å². The molecular weight excluding hydrogens is 268 g/mol. The monoisotopic (exact) mass is 288 g/mol. The second-order valence-electron chi connectivity index (χ2n) is 4.47. The highest BCUT2D eigenvalue weighted by Crippen LogP contribution is 2.26. The first-order valence-corrected chi connectivity index (χ1v) is 6.75. The van der Waals surface area contributed by atoms with Gasteiger partial charge in [0.15, 0.2) is 5.82 Å². The lowest BCUT2D eigenvalue weighted by Crippen LogP contribution is -2.09. The van der Waals surface area contributed by atoms with E-state index in [1.54, 1.807) is 14.2 Å². The van der Waals surface area contributed by atoms with Gasteiger partial charge in [0.2, 0.25) is 5.88 Å². The average Bonchev–Trinajstić information content (AvgIpc) is 2.54. The summed E-state index contributed by atoms with van der Waals surface area (Å²) in [5.74, 6) is 2.52. The fraction of sp³-hybridized carbons (Fsp3) is 0.333. The Morgan fingerprint density at radius 3 is 2.38 bits per heavy atom. The molecule has 1 aromatic heterocycles. The number of aryl methyl sites for hydroxylation is 1. The molecule has 0 unspecified atom stereocenters. The Morgan fingerprint density at radius 1 is 1.10 bits per heavy atom. The maximum Gasteiger partial charge on any atom is 0.242 e. The van der Waals surface area contributed by atoms with Crippen molar-refractivity contribution in [1.29, 1.82) is 0 Å². The third-order valence-electron chi connectivity index (χ3n) is 3.09. The SMILES string of the molecule is CCc1nc(NCc2ccc(OC)cc2)c(N)c(OC)n1. The molecule has 0 saturated carbocycles. The minimum absolute atomic E-state index is 0.402. The van der Waals surface area contributed by atoms with Crippen molar-refractivity contribution in [2.45, 2.75) is 19.9 Å². The summed E-state index contributed by atoms with van der Waals surface area (Å²) in [4.78, 5) is 8.63. The number of ether oxygens (including phenoxy) is 2. The summed E-state index contributed by atoms with van der Waals surface area (Å²) in [6.07, 6.45) is 0.716. The molecule has 0 atom stereocenters. The zero-order chi connectivity index (χ0) is 15.2. The van der Waals surface area contributed by atoms with Gasteiger partial charge in [0.05, 0.1) is 14.2 Å². The van der Waals surface area contributed by atoms with E-state index in [0.717, 1.165) is 11.3 Å². The molecule has 2 rings (SSSR count). The first-order chi connectivity index (χ1) is 10.2. The maximum absolute atomic E-state index is 5.99. The van der Waals surface area contributed by atoms with Crippen molar-refractivity contribution in [3.8, 4) is 11.6 Å². The molecule has 0 aliphatic rings. The number of aromatic nitrogens is 2. The summed E-state index contributed by atoms with van der Waals surface area (Å²) >= 11 is 0. The van der Waals surface area contributed by atoms with Crippen molar-refractivity contribution in [3.05, 3.63) is 35.7 Å². The molecule has 0 bridgehead atoms. The smallest absolute Gasteiger partial charge is 0.242 e. The van der Waals surface area contributed by atoms with E-state index in [1.165, 1.54) is 0 Å². The lowest BCUT2D eigenvalue weighted by molar-refractivity contribution is 0.397. The second-order valence-corrected chi connectivity index (χ2v) is 4.47. The van der Waals surface area contributed by atoms with E-state index in [1.807, 2.05) is 31.2 Å². The van der Waals surface area contributed by atoms with Gasteiger partial charge >= 0.3 is 0 Å². The Labute approximate surface area is 124 Å². The molecule has 21 heavy (non-hydrogen) atoms. The second kappa shape index (κ2) is 6.78. The Balaban J connectivity index is 2.14. The summed E-state index contributed by atoms with van der Waals surface area (Å²) in [6.45, 7) is 2.59. The van der Waals surface area contributed by atoms with Gasteiger partial charge in [-0.15, -0.1) is 0 Å². The van der Waals surface area contributed by atoms with Crippen LogP contribution in [0.2, 0.25) is 0 Å². The largest absolute Gasteiger partial charge is 0.497 e. The van der Waals surface area contributed by atoms with Crippen molar-refractivity contribution in [2.75, 3.05) is 25.3 Å². The fourth-order valence-corrected chi connectivity index (χ4v) is 1.87. The lowest BCUT2D eigenvalue weighted by Gasteiger charge is -2.12. The molecule has 0 saturated heterocycles. The fourth-order valence-electron chi connectivity index (χ4n) is 1.87. The van der Waals surface area contributed by atoms with Gasteiger partial charge in [0.25, 0.3) is 0 Å². The van der Waals surface area contributed by atoms with Crippen molar-refractivity contribution in [2.24, 2.45) is 0 Å². The van der Waals surface area contributed by atoms with Crippen LogP contribution in [0.5, 0.6) is 11.6 Å². The van der Waals surface area contributed by atoms with E-state index >= 15 is 0 Å². The minimum Gasteiger partial charge on any atom is -0.497 e. The summed E-state index contributed by atoms with van der Waals surface area (Å²) in [5, 5.41) is 3.22. The standard InChI is InChI=1S/C15H20N4O2/c1-4-12-18-14(13(16)15(19-12)21-3)17-9-10-5-7-11(20-2)8-6-10/h5-8H,4,9,16H2,1-3H3,(H,17,18,19). The molecule has 0 spiro atoms. The van der Waals surface area contributed by atoms with E-state index < -0.39 is 0 Å². The molecule has 0 amide bonds. The van der Waals surface area contributed by atoms with Crippen LogP contribution < -0.4 is 20.5 Å². The third-order valence-corrected chi connectivity index (χ3v) is 3.09. The van der Waals surface area contributed by atoms with E-state index in [0.29, 0.717) is 36.2 Å². The van der Waals surface area contributed by atoms with Crippen LogP contribution in [-0.2, 0) is 13.0 Å². The molecule has 0 fully saturated rings. The Morgan fingerprint density at radius 2 is 1.81 bits per heavy atom. The van der Waals surface area contributed by atoms with Gasteiger partial charge in [-0.3, -0.25) is 0 Å². The van der Waals surface area contributed by atoms with Gasteiger partial charge in [-0.1, -0.05) is 19.1 Å². The van der Waals surface area contributed by atoms with Gasteiger partial charge in [-0.2, -0.15) is 4.98 Å². The Kier molecular flexibility index (Phi) is 4.81. The third kappa shape index (κ3) is 3.53. The lowest BCUT2D eigenvalue weighted by atomic mass is 10.2. The number of rotatable bonds is 6. The number of nitrogens with zero attached hydrogens (tertiary/aromatic N) is 2. The Bertz CT molecular complexity index is 599. The number of benzene rings is 1. The quantitative estimate of drug-likeness (QED) is 0.848. The van der Waals surface area contributed by atoms with Crippen LogP contribution in [0.4, 0.5) is 11.5 Å². The molecule has 6 nitrogen and oxygen atoms in total. The van der Waals surface area contributed by atoms with Crippen LogP contribution in [0.15, 0.2) is 24.3 Å². The van der Waals surface area contributed by atoms with E-state index in [9.17, 15) is 0 Å². The van der Waals surface area contributed by atoms with Crippen LogP contribution in [0, 0.1) is 0 Å². The van der Waals surface area contributed by atoms with Gasteiger partial charge < -0.3 is 20.5 Å². The van der Waals surface area contributed by atoms with Gasteiger partial charge in [0.1, 0.15) is 17.3 Å². The highest BCUT2D eigenvalue weighted by Gasteiger charge is 2.11. The molecule has 1 aromatic carbocycles. The van der Waals surface area contributed by atoms with E-state index in [2.05, 4.69) is 15.3 Å². The number of hydrogen-bond acceptors (Lipinski definition) is 6. The summed E-state index contributed by atoms with van der Waals surface area (Å²) < 4.78 is 10.3. The molecule has 3 N–H and O–H groups in total. The highest BCUT2D eigenvalue weighted by atomic mass is 16.5. The van der Waals surface area contributed by atoms with Crippen molar-refractivity contribution < 1.29 is 9.47 Å². The van der Waals surface area contributed by atoms with E-state index in [4.69, 9.17) is 15.2 Å². The van der Waals surface area contributed by atoms with Crippen LogP contribution in [0.25, 0.3) is 0 Å². The van der Waals surface area contributed by atoms with Gasteiger partial charge in [-0.25, -0.2) is 4.98 Å². The molecule has 0 aliphatic heterocycles. The Hall–Kier alpha value is -2.50. The number of methoxy groups -OCH3 is 2. The summed E-state index contributed by atoms with van der Waals surface area (Å²) in [6, 6.07) is 7.80. The van der Waals surface area contributed by atoms with Crippen molar-refractivity contribution >= 4 is 11.5 Å². The number of hydrogen-bond donors (Lipinski definition) is 2. The number of nitrogens with one attached hydrogen (secondary N) is 1. The summed E-state index contributed by atoms with van der Waals surface area (Å²) in [7, 11) is 3.19. The van der Waals surface area contributed by atoms with Crippen LogP contribution >= 0.6 is 0 Å². The highest BCUT2D eigenvalue weighted by molar-refractivity contribution is 5.67. The van der Waals surface area contributed by atoms with Gasteiger partial charge in [0, 0.05) is 13.0 Å². The summed E-state index contributed by atoms with van der Waals surface area (Å²) in [5.41, 5.74) is 7.52. The van der Waals surface area contributed by atoms with Crippen LogP contribution in [0.3, 0.4) is 0 Å². The predicted octanol–water partition coefficient (Wildman–Crippen LogP) is 2.25. The predicted molar refractivity (Wildman–Crippen MR) is 82.7 cm³/mol. The van der Waals surface area contributed by atoms with E-state index in [-0.39, 0.29) is 0 Å². The molecular formula is C15H20N4O2. The molecule has 2 aromatic rings. The molecule has 1 heterocycles. The van der Waals surface area contributed by atoms with Crippen LogP contribution in [-0.4, -0.2) is 24.2 Å². The van der Waals surface area contributed by atoms with Crippen molar-refractivity contribution in [1.82, 2.24) is 9.97 Å². The molecule has 0 radical (unpaired) electrons. The number of nitrogens with two attached hydrogens (primary N) is 1. The first kappa shape index (κ1) is 14.9. The minimum atomic E-state index is 0.402. The number of anilines is 2. The zero-order valence-electron chi connectivity index (χ0n) is 12.5. The normalized spacial score (nSPS) is 10.2. The zero-order valence-corrected chi connectivity index (χ0v) is 12.5. The van der Waals surface area contributed by atoms with Crippen LogP contribution in [0.1, 0.15) is 18.3 Å².